The first-order valence-electron chi connectivity index (χ1n) is 6.35. The van der Waals surface area contributed by atoms with Gasteiger partial charge in [-0.05, 0) is 25.0 Å². The van der Waals surface area contributed by atoms with Crippen molar-refractivity contribution in [3.05, 3.63) is 46.1 Å². The number of hydrogen-bond donors (Lipinski definition) is 1. The molecule has 6 nitrogen and oxygen atoms in total. The van der Waals surface area contributed by atoms with E-state index in [4.69, 9.17) is 0 Å². The summed E-state index contributed by atoms with van der Waals surface area (Å²) in [4.78, 5) is 26.4. The van der Waals surface area contributed by atoms with Crippen LogP contribution in [0.1, 0.15) is 35.1 Å². The van der Waals surface area contributed by atoms with E-state index in [9.17, 15) is 9.59 Å². The fourth-order valence-electron chi connectivity index (χ4n) is 3.05. The van der Waals surface area contributed by atoms with Crippen LogP contribution in [0.2, 0.25) is 0 Å². The lowest BCUT2D eigenvalue weighted by molar-refractivity contribution is 0.0736. The molecule has 96 valence electrons. The van der Waals surface area contributed by atoms with Gasteiger partial charge in [0, 0.05) is 6.54 Å². The number of nitrogens with zero attached hydrogens (tertiary/aromatic N) is 3. The summed E-state index contributed by atoms with van der Waals surface area (Å²) in [6.45, 7) is 0.721. The van der Waals surface area contributed by atoms with E-state index in [2.05, 4.69) is 10.2 Å². The molecular weight excluding hydrogens is 244 g/mol. The average Bonchev–Trinajstić information content (AvgIpc) is 3.02. The van der Waals surface area contributed by atoms with E-state index in [1.165, 1.54) is 4.57 Å². The lowest BCUT2D eigenvalue weighted by atomic mass is 10.1. The molecule has 1 fully saturated rings. The van der Waals surface area contributed by atoms with E-state index in [1.807, 2.05) is 17.0 Å². The predicted octanol–water partition coefficient (Wildman–Crippen LogP) is 0.851. The number of benzene rings is 1. The molecule has 0 saturated carbocycles. The summed E-state index contributed by atoms with van der Waals surface area (Å²) in [7, 11) is 0. The fraction of sp³-hybridized carbons (Fsp3) is 0.308. The highest BCUT2D eigenvalue weighted by atomic mass is 16.2. The van der Waals surface area contributed by atoms with Gasteiger partial charge in [0.05, 0.1) is 17.3 Å². The smallest absolute Gasteiger partial charge is 0.328 e. The monoisotopic (exact) mass is 256 g/mol. The van der Waals surface area contributed by atoms with Crippen LogP contribution in [0.4, 0.5) is 0 Å². The van der Waals surface area contributed by atoms with Crippen molar-refractivity contribution in [1.29, 1.82) is 0 Å². The van der Waals surface area contributed by atoms with Crippen molar-refractivity contribution in [2.24, 2.45) is 0 Å². The maximum absolute atomic E-state index is 12.6. The zero-order chi connectivity index (χ0) is 13.0. The topological polar surface area (TPSA) is 71.0 Å². The summed E-state index contributed by atoms with van der Waals surface area (Å²) >= 11 is 0. The number of carbonyl (C=O) groups is 1. The van der Waals surface area contributed by atoms with Gasteiger partial charge in [0.25, 0.3) is 5.91 Å². The van der Waals surface area contributed by atoms with Crippen LogP contribution in [0.3, 0.4) is 0 Å². The third-order valence-electron chi connectivity index (χ3n) is 3.89. The Morgan fingerprint density at radius 2 is 2.11 bits per heavy atom. The highest BCUT2D eigenvalue weighted by Crippen LogP contribution is 2.36. The van der Waals surface area contributed by atoms with Crippen molar-refractivity contribution < 1.29 is 4.79 Å². The van der Waals surface area contributed by atoms with Crippen LogP contribution in [0.25, 0.3) is 5.69 Å². The van der Waals surface area contributed by atoms with Gasteiger partial charge in [-0.25, -0.2) is 14.5 Å². The highest BCUT2D eigenvalue weighted by Gasteiger charge is 2.38. The van der Waals surface area contributed by atoms with Crippen molar-refractivity contribution >= 4 is 5.91 Å². The number of rotatable bonds is 0. The van der Waals surface area contributed by atoms with Gasteiger partial charge in [-0.2, -0.15) is 5.10 Å². The van der Waals surface area contributed by atoms with Crippen molar-refractivity contribution in [3.8, 4) is 5.69 Å². The van der Waals surface area contributed by atoms with Crippen molar-refractivity contribution in [2.75, 3.05) is 6.54 Å². The number of nitrogens with one attached hydrogen (secondary N) is 1. The molecule has 0 unspecified atom stereocenters. The molecule has 2 aliphatic rings. The lowest BCUT2D eigenvalue weighted by Gasteiger charge is -2.20. The average molecular weight is 256 g/mol. The van der Waals surface area contributed by atoms with Crippen LogP contribution in [0.5, 0.6) is 0 Å². The van der Waals surface area contributed by atoms with Crippen LogP contribution in [0.15, 0.2) is 29.1 Å². The van der Waals surface area contributed by atoms with Crippen molar-refractivity contribution in [2.45, 2.75) is 18.9 Å². The summed E-state index contributed by atoms with van der Waals surface area (Å²) in [6, 6.07) is 7.10. The lowest BCUT2D eigenvalue weighted by Crippen LogP contribution is -2.29. The molecule has 6 heteroatoms. The number of amides is 1. The minimum atomic E-state index is -0.288. The van der Waals surface area contributed by atoms with Gasteiger partial charge in [-0.15, -0.1) is 0 Å². The molecule has 1 aromatic carbocycles. The third kappa shape index (κ3) is 1.28. The first kappa shape index (κ1) is 10.5. The minimum Gasteiger partial charge on any atom is -0.328 e. The second-order valence-electron chi connectivity index (χ2n) is 4.90. The number of H-pyrrole nitrogens is 1. The molecule has 2 aliphatic heterocycles. The standard InChI is InChI=1S/C13H12N4O2/c18-12-8-4-1-2-5-9(8)17-11(14-15-13(17)19)10-6-3-7-16(10)12/h1-2,4-5,10H,3,6-7H2,(H,15,19)/t10-/m0/s1. The largest absolute Gasteiger partial charge is 0.348 e. The normalized spacial score (nSPS) is 20.7. The highest BCUT2D eigenvalue weighted by molar-refractivity contribution is 5.98. The Labute approximate surface area is 108 Å². The van der Waals surface area contributed by atoms with Gasteiger partial charge in [-0.1, -0.05) is 12.1 Å². The quantitative estimate of drug-likeness (QED) is 0.759. The van der Waals surface area contributed by atoms with Gasteiger partial charge < -0.3 is 4.90 Å². The van der Waals surface area contributed by atoms with Gasteiger partial charge in [-0.3, -0.25) is 4.79 Å². The van der Waals surface area contributed by atoms with E-state index in [1.54, 1.807) is 12.1 Å². The maximum Gasteiger partial charge on any atom is 0.348 e. The van der Waals surface area contributed by atoms with Crippen LogP contribution in [-0.4, -0.2) is 32.1 Å². The Morgan fingerprint density at radius 1 is 1.26 bits per heavy atom. The Balaban J connectivity index is 2.09. The molecule has 1 saturated heterocycles. The molecular formula is C13H12N4O2. The third-order valence-corrected chi connectivity index (χ3v) is 3.89. The fourth-order valence-corrected chi connectivity index (χ4v) is 3.05. The SMILES string of the molecule is O=C1c2ccccc2-n2c(n[nH]c2=O)[C@@H]2CCCN12. The molecule has 0 aliphatic carbocycles. The van der Waals surface area contributed by atoms with E-state index < -0.39 is 0 Å². The summed E-state index contributed by atoms with van der Waals surface area (Å²) < 4.78 is 1.53. The van der Waals surface area contributed by atoms with E-state index >= 15 is 0 Å². The van der Waals surface area contributed by atoms with E-state index in [0.717, 1.165) is 19.4 Å². The maximum atomic E-state index is 12.6. The number of hydrogen-bond acceptors (Lipinski definition) is 3. The predicted molar refractivity (Wildman–Crippen MR) is 67.2 cm³/mol. The van der Waals surface area contributed by atoms with Crippen LogP contribution in [-0.2, 0) is 0 Å². The van der Waals surface area contributed by atoms with Crippen molar-refractivity contribution in [1.82, 2.24) is 19.7 Å². The number of carbonyl (C=O) groups excluding carboxylic acids is 1. The second-order valence-corrected chi connectivity index (χ2v) is 4.90. The summed E-state index contributed by atoms with van der Waals surface area (Å²) in [5.74, 6) is 0.629. The molecule has 1 amide bonds. The number of aromatic nitrogens is 3. The molecule has 2 aromatic rings. The van der Waals surface area contributed by atoms with Gasteiger partial charge in [0.1, 0.15) is 0 Å². The van der Waals surface area contributed by atoms with Crippen LogP contribution < -0.4 is 5.69 Å². The van der Waals surface area contributed by atoms with Gasteiger partial charge in [0.15, 0.2) is 5.82 Å². The van der Waals surface area contributed by atoms with Crippen molar-refractivity contribution in [3.63, 3.8) is 0 Å². The first-order valence-corrected chi connectivity index (χ1v) is 6.35. The minimum absolute atomic E-state index is 0.0111. The Kier molecular flexibility index (Phi) is 1.98. The second kappa shape index (κ2) is 3.57. The molecule has 19 heavy (non-hydrogen) atoms. The van der Waals surface area contributed by atoms with E-state index in [-0.39, 0.29) is 17.6 Å². The Morgan fingerprint density at radius 3 is 3.00 bits per heavy atom. The molecule has 0 spiro atoms. The number of para-hydroxylation sites is 1. The Bertz CT molecular complexity index is 730. The molecule has 4 rings (SSSR count). The molecule has 1 aromatic heterocycles. The summed E-state index contributed by atoms with van der Waals surface area (Å²) in [5.41, 5.74) is 0.899. The van der Waals surface area contributed by atoms with Crippen LogP contribution >= 0.6 is 0 Å². The first-order chi connectivity index (χ1) is 9.27. The molecule has 0 bridgehead atoms. The zero-order valence-corrected chi connectivity index (χ0v) is 10.2. The van der Waals surface area contributed by atoms with E-state index in [0.29, 0.717) is 17.1 Å². The molecule has 1 atom stereocenters. The van der Waals surface area contributed by atoms with Gasteiger partial charge >= 0.3 is 5.69 Å². The molecule has 1 N–H and O–H groups in total. The number of fused-ring (bicyclic) bond motifs is 5. The summed E-state index contributed by atoms with van der Waals surface area (Å²) in [5, 5.41) is 6.62. The molecule has 0 radical (unpaired) electrons. The van der Waals surface area contributed by atoms with Gasteiger partial charge in [0.2, 0.25) is 0 Å². The number of aromatic amines is 1. The summed E-state index contributed by atoms with van der Waals surface area (Å²) in [6.07, 6.45) is 1.80. The molecule has 3 heterocycles. The van der Waals surface area contributed by atoms with Crippen LogP contribution in [0, 0.1) is 0 Å². The zero-order valence-electron chi connectivity index (χ0n) is 10.2. The Hall–Kier alpha value is -2.37.